The molecule has 1 aliphatic carbocycles. The van der Waals surface area contributed by atoms with Crippen LogP contribution in [0.1, 0.15) is 63.9 Å². The smallest absolute Gasteiger partial charge is 0.261 e. The first-order valence-corrected chi connectivity index (χ1v) is 15.2. The summed E-state index contributed by atoms with van der Waals surface area (Å²) in [5.74, 6) is 1.16. The Morgan fingerprint density at radius 2 is 1.51 bits per heavy atom. The molecule has 0 aliphatic heterocycles. The Morgan fingerprint density at radius 3 is 2.05 bits per heavy atom. The Kier molecular flexibility index (Phi) is 9.26. The number of nitrogens with zero attached hydrogens (tertiary/aromatic N) is 2. The summed E-state index contributed by atoms with van der Waals surface area (Å²) in [5, 5.41) is 21.0. The summed E-state index contributed by atoms with van der Waals surface area (Å²) in [4.78, 5) is 9.57. The van der Waals surface area contributed by atoms with Crippen LogP contribution >= 0.6 is 0 Å². The lowest BCUT2D eigenvalue weighted by atomic mass is 9.86. The van der Waals surface area contributed by atoms with E-state index < -0.39 is 14.4 Å². The summed E-state index contributed by atoms with van der Waals surface area (Å²) in [7, 11) is -2.64. The van der Waals surface area contributed by atoms with Crippen molar-refractivity contribution in [1.82, 2.24) is 9.97 Å². The van der Waals surface area contributed by atoms with Crippen LogP contribution in [0.4, 0.5) is 0 Å². The molecule has 2 N–H and O–H groups in total. The highest BCUT2D eigenvalue weighted by atomic mass is 28.4. The van der Waals surface area contributed by atoms with E-state index in [2.05, 4.69) is 86.4 Å². The van der Waals surface area contributed by atoms with E-state index in [1.54, 1.807) is 0 Å². The minimum absolute atomic E-state index is 0.0897. The molecule has 3 aromatic rings. The molecule has 2 aromatic carbocycles. The molecule has 0 saturated heterocycles. The summed E-state index contributed by atoms with van der Waals surface area (Å²) in [5.41, 5.74) is 0.905. The minimum atomic E-state index is -2.64. The SMILES string of the molecule is CC(C)(C)[Si](OCc1ccnc(C2CCC(OCC(O)CO)CC2)n1)(c1ccccc1)c1ccccc1. The van der Waals surface area contributed by atoms with Gasteiger partial charge in [0, 0.05) is 12.1 Å². The lowest BCUT2D eigenvalue weighted by molar-refractivity contribution is -0.0414. The van der Waals surface area contributed by atoms with E-state index in [1.807, 2.05) is 12.3 Å². The molecule has 0 amide bonds. The highest BCUT2D eigenvalue weighted by Crippen LogP contribution is 2.37. The zero-order valence-corrected chi connectivity index (χ0v) is 23.2. The third kappa shape index (κ3) is 6.53. The maximum absolute atomic E-state index is 9.55. The Labute approximate surface area is 221 Å². The van der Waals surface area contributed by atoms with Gasteiger partial charge in [0.15, 0.2) is 0 Å². The van der Waals surface area contributed by atoms with Crippen molar-refractivity contribution in [2.24, 2.45) is 0 Å². The van der Waals surface area contributed by atoms with Gasteiger partial charge in [0.2, 0.25) is 0 Å². The van der Waals surface area contributed by atoms with Gasteiger partial charge in [-0.05, 0) is 47.2 Å². The molecule has 4 rings (SSSR count). The molecule has 0 radical (unpaired) electrons. The summed E-state index contributed by atoms with van der Waals surface area (Å²) in [6.07, 6.45) is 4.83. The molecule has 1 saturated carbocycles. The van der Waals surface area contributed by atoms with Crippen LogP contribution in [-0.4, -0.2) is 53.9 Å². The standard InChI is InChI=1S/C30H40N2O4Si/c1-30(2,3)37(27-10-6-4-7-11-27,28-12-8-5-9-13-28)36-21-24-18-19-31-29(32-24)23-14-16-26(17-15-23)35-22-25(34)20-33/h4-13,18-19,23,25-26,33-34H,14-17,20-22H2,1-3H3. The van der Waals surface area contributed by atoms with Gasteiger partial charge in [-0.3, -0.25) is 0 Å². The van der Waals surface area contributed by atoms with E-state index in [9.17, 15) is 5.11 Å². The van der Waals surface area contributed by atoms with E-state index in [-0.39, 0.29) is 30.3 Å². The molecule has 1 aliphatic rings. The molecule has 6 nitrogen and oxygen atoms in total. The normalized spacial score (nSPS) is 19.5. The summed E-state index contributed by atoms with van der Waals surface area (Å²) in [6.45, 7) is 7.18. The first-order valence-electron chi connectivity index (χ1n) is 13.3. The number of rotatable bonds is 10. The van der Waals surface area contributed by atoms with Gasteiger partial charge in [-0.25, -0.2) is 9.97 Å². The highest BCUT2D eigenvalue weighted by molar-refractivity contribution is 6.99. The molecule has 1 aromatic heterocycles. The molecule has 7 heteroatoms. The van der Waals surface area contributed by atoms with Gasteiger partial charge in [-0.2, -0.15) is 0 Å². The zero-order valence-electron chi connectivity index (χ0n) is 22.2. The van der Waals surface area contributed by atoms with Gasteiger partial charge in [0.25, 0.3) is 8.32 Å². The van der Waals surface area contributed by atoms with Crippen LogP contribution in [0, 0.1) is 0 Å². The predicted octanol–water partition coefficient (Wildman–Crippen LogP) is 3.95. The van der Waals surface area contributed by atoms with Crippen molar-refractivity contribution >= 4 is 18.7 Å². The van der Waals surface area contributed by atoms with Crippen LogP contribution < -0.4 is 10.4 Å². The fourth-order valence-corrected chi connectivity index (χ4v) is 9.94. The number of aliphatic hydroxyl groups excluding tert-OH is 2. The molecule has 198 valence electrons. The van der Waals surface area contributed by atoms with E-state index in [0.717, 1.165) is 37.2 Å². The molecule has 1 unspecified atom stereocenters. The van der Waals surface area contributed by atoms with Crippen LogP contribution in [-0.2, 0) is 15.8 Å². The summed E-state index contributed by atoms with van der Waals surface area (Å²) < 4.78 is 12.8. The van der Waals surface area contributed by atoms with Gasteiger partial charge in [-0.15, -0.1) is 0 Å². The van der Waals surface area contributed by atoms with Crippen molar-refractivity contribution in [3.63, 3.8) is 0 Å². The second-order valence-corrected chi connectivity index (χ2v) is 15.3. The van der Waals surface area contributed by atoms with E-state index in [0.29, 0.717) is 6.61 Å². The number of hydrogen-bond acceptors (Lipinski definition) is 6. The van der Waals surface area contributed by atoms with Crippen molar-refractivity contribution in [1.29, 1.82) is 0 Å². The van der Waals surface area contributed by atoms with Gasteiger partial charge >= 0.3 is 0 Å². The third-order valence-electron chi connectivity index (χ3n) is 7.36. The van der Waals surface area contributed by atoms with Crippen molar-refractivity contribution < 1.29 is 19.4 Å². The largest absolute Gasteiger partial charge is 0.401 e. The number of hydrogen-bond donors (Lipinski definition) is 2. The van der Waals surface area contributed by atoms with Gasteiger partial charge in [0.1, 0.15) is 11.9 Å². The van der Waals surface area contributed by atoms with Crippen LogP contribution in [0.25, 0.3) is 0 Å². The average molecular weight is 521 g/mol. The van der Waals surface area contributed by atoms with Crippen LogP contribution in [0.15, 0.2) is 72.9 Å². The monoisotopic (exact) mass is 520 g/mol. The van der Waals surface area contributed by atoms with Crippen molar-refractivity contribution in [3.8, 4) is 0 Å². The van der Waals surface area contributed by atoms with Crippen molar-refractivity contribution in [2.75, 3.05) is 13.2 Å². The third-order valence-corrected chi connectivity index (χ3v) is 12.3. The molecule has 1 fully saturated rings. The Hall–Kier alpha value is -2.42. The van der Waals surface area contributed by atoms with Crippen LogP contribution in [0.3, 0.4) is 0 Å². The number of aromatic nitrogens is 2. The molecule has 0 spiro atoms. The molecule has 1 heterocycles. The maximum Gasteiger partial charge on any atom is 0.261 e. The second kappa shape index (κ2) is 12.4. The number of aliphatic hydroxyl groups is 2. The molecule has 0 bridgehead atoms. The van der Waals surface area contributed by atoms with E-state index in [4.69, 9.17) is 19.3 Å². The first kappa shape index (κ1) is 27.6. The quantitative estimate of drug-likeness (QED) is 0.394. The minimum Gasteiger partial charge on any atom is -0.401 e. The lowest BCUT2D eigenvalue weighted by Gasteiger charge is -2.43. The Morgan fingerprint density at radius 1 is 0.919 bits per heavy atom. The van der Waals surface area contributed by atoms with Crippen molar-refractivity contribution in [2.45, 2.75) is 76.2 Å². The molecule has 37 heavy (non-hydrogen) atoms. The first-order chi connectivity index (χ1) is 17.8. The zero-order chi connectivity index (χ0) is 26.3. The van der Waals surface area contributed by atoms with Gasteiger partial charge < -0.3 is 19.4 Å². The van der Waals surface area contributed by atoms with E-state index >= 15 is 0 Å². The summed E-state index contributed by atoms with van der Waals surface area (Å²) in [6, 6.07) is 23.3. The van der Waals surface area contributed by atoms with Gasteiger partial charge in [-0.1, -0.05) is 81.4 Å². The fraction of sp³-hybridized carbons (Fsp3) is 0.467. The topological polar surface area (TPSA) is 84.7 Å². The Balaban J connectivity index is 1.51. The van der Waals surface area contributed by atoms with Crippen LogP contribution in [0.5, 0.6) is 0 Å². The average Bonchev–Trinajstić information content (AvgIpc) is 2.93. The van der Waals surface area contributed by atoms with Crippen molar-refractivity contribution in [3.05, 3.63) is 84.4 Å². The van der Waals surface area contributed by atoms with E-state index in [1.165, 1.54) is 10.4 Å². The van der Waals surface area contributed by atoms with Gasteiger partial charge in [0.05, 0.1) is 31.6 Å². The molecular formula is C30H40N2O4Si. The van der Waals surface area contributed by atoms with Crippen LogP contribution in [0.2, 0.25) is 5.04 Å². The highest BCUT2D eigenvalue weighted by Gasteiger charge is 2.50. The molecular weight excluding hydrogens is 480 g/mol. The number of ether oxygens (including phenoxy) is 1. The predicted molar refractivity (Wildman–Crippen MR) is 148 cm³/mol. The number of benzene rings is 2. The summed E-state index contributed by atoms with van der Waals surface area (Å²) >= 11 is 0. The lowest BCUT2D eigenvalue weighted by Crippen LogP contribution is -2.66. The second-order valence-electron chi connectivity index (χ2n) is 11.0. The molecule has 1 atom stereocenters. The fourth-order valence-electron chi connectivity index (χ4n) is 5.42. The Bertz CT molecular complexity index is 1060. The maximum atomic E-state index is 9.55.